The maximum atomic E-state index is 13.0. The van der Waals surface area contributed by atoms with Crippen molar-refractivity contribution in [2.75, 3.05) is 26.2 Å². The molecule has 4 rings (SSSR count). The van der Waals surface area contributed by atoms with Gasteiger partial charge in [-0.15, -0.1) is 0 Å². The minimum absolute atomic E-state index is 0.0194. The van der Waals surface area contributed by atoms with Crippen LogP contribution in [-0.2, 0) is 16.1 Å². The van der Waals surface area contributed by atoms with E-state index < -0.39 is 17.8 Å². The fourth-order valence-corrected chi connectivity index (χ4v) is 4.99. The van der Waals surface area contributed by atoms with Gasteiger partial charge < -0.3 is 19.7 Å². The van der Waals surface area contributed by atoms with Gasteiger partial charge >= 0.3 is 0 Å². The lowest BCUT2D eigenvalue weighted by Crippen LogP contribution is -3.13. The maximum Gasteiger partial charge on any atom is 0.227 e. The third-order valence-corrected chi connectivity index (χ3v) is 6.50. The van der Waals surface area contributed by atoms with Crippen molar-refractivity contribution in [1.82, 2.24) is 4.90 Å². The zero-order chi connectivity index (χ0) is 18.3. The third kappa shape index (κ3) is 3.05. The Kier molecular flexibility index (Phi) is 4.57. The van der Waals surface area contributed by atoms with Crippen molar-refractivity contribution in [3.8, 4) is 0 Å². The number of carbonyl (C=O) groups excluding carboxylic acids is 2. The van der Waals surface area contributed by atoms with Gasteiger partial charge in [0, 0.05) is 17.5 Å². The molecule has 1 amide bonds. The van der Waals surface area contributed by atoms with Gasteiger partial charge in [0.2, 0.25) is 5.91 Å². The number of hydrogen-bond donors (Lipinski definition) is 1. The largest absolute Gasteiger partial charge is 0.550 e. The van der Waals surface area contributed by atoms with Crippen LogP contribution in [0.25, 0.3) is 0 Å². The molecule has 1 aromatic carbocycles. The zero-order valence-corrected chi connectivity index (χ0v) is 15.2. The Bertz CT molecular complexity index is 737. The van der Waals surface area contributed by atoms with E-state index in [-0.39, 0.29) is 17.7 Å². The number of quaternary nitrogens is 1. The highest BCUT2D eigenvalue weighted by atomic mass is 16.4. The number of carboxylic acids is 1. The van der Waals surface area contributed by atoms with Crippen molar-refractivity contribution in [2.24, 2.45) is 23.7 Å². The molecule has 1 saturated carbocycles. The molecule has 5 nitrogen and oxygen atoms in total. The van der Waals surface area contributed by atoms with E-state index in [9.17, 15) is 14.7 Å². The summed E-state index contributed by atoms with van der Waals surface area (Å²) in [5.74, 6) is -2.06. The van der Waals surface area contributed by atoms with E-state index in [1.165, 1.54) is 16.0 Å². The lowest BCUT2D eigenvalue weighted by Gasteiger charge is -2.37. The second-order valence-corrected chi connectivity index (χ2v) is 8.00. The lowest BCUT2D eigenvalue weighted by molar-refractivity contribution is -0.917. The summed E-state index contributed by atoms with van der Waals surface area (Å²) in [5, 5.41) is 11.6. The molecule has 4 atom stereocenters. The third-order valence-electron chi connectivity index (χ3n) is 6.50. The Labute approximate surface area is 154 Å². The van der Waals surface area contributed by atoms with Crippen molar-refractivity contribution in [3.63, 3.8) is 0 Å². The molecule has 1 aromatic rings. The van der Waals surface area contributed by atoms with Crippen LogP contribution in [0.2, 0.25) is 0 Å². The van der Waals surface area contributed by atoms with Gasteiger partial charge in [-0.1, -0.05) is 36.4 Å². The SMILES string of the molecule is Cc1ccccc1C[NH+]1CCN(C(=O)[C@@H]2[C@@H](C(=O)[O-])[C@@H]3C=C[C@@H]2C3)CC1. The van der Waals surface area contributed by atoms with Gasteiger partial charge in [-0.25, -0.2) is 0 Å². The number of amides is 1. The van der Waals surface area contributed by atoms with E-state index in [1.807, 2.05) is 17.1 Å². The maximum absolute atomic E-state index is 13.0. The summed E-state index contributed by atoms with van der Waals surface area (Å²) in [4.78, 5) is 27.9. The van der Waals surface area contributed by atoms with Gasteiger partial charge in [-0.2, -0.15) is 0 Å². The van der Waals surface area contributed by atoms with Crippen LogP contribution in [0, 0.1) is 30.6 Å². The van der Waals surface area contributed by atoms with Gasteiger partial charge in [0.1, 0.15) is 6.54 Å². The number of piperazine rings is 1. The summed E-state index contributed by atoms with van der Waals surface area (Å²) >= 11 is 0. The molecule has 0 unspecified atom stereocenters. The molecule has 0 radical (unpaired) electrons. The van der Waals surface area contributed by atoms with E-state index in [0.717, 1.165) is 26.1 Å². The predicted molar refractivity (Wildman–Crippen MR) is 94.9 cm³/mol. The Morgan fingerprint density at radius 2 is 1.77 bits per heavy atom. The van der Waals surface area contributed by atoms with E-state index >= 15 is 0 Å². The van der Waals surface area contributed by atoms with Crippen molar-refractivity contribution in [3.05, 3.63) is 47.5 Å². The number of allylic oxidation sites excluding steroid dienone is 2. The highest BCUT2D eigenvalue weighted by Gasteiger charge is 2.50. The summed E-state index contributed by atoms with van der Waals surface area (Å²) in [6.45, 7) is 6.35. The van der Waals surface area contributed by atoms with Gasteiger partial charge in [0.25, 0.3) is 0 Å². The molecule has 1 aliphatic heterocycles. The number of rotatable bonds is 4. The molecular formula is C21H26N2O3. The number of carbonyl (C=O) groups is 2. The molecule has 1 saturated heterocycles. The van der Waals surface area contributed by atoms with Crippen LogP contribution < -0.4 is 10.0 Å². The number of nitrogens with zero attached hydrogens (tertiary/aromatic N) is 1. The first-order valence-corrected chi connectivity index (χ1v) is 9.60. The molecule has 0 aromatic heterocycles. The average Bonchev–Trinajstić information content (AvgIpc) is 3.25. The zero-order valence-electron chi connectivity index (χ0n) is 15.2. The van der Waals surface area contributed by atoms with Gasteiger partial charge in [-0.3, -0.25) is 4.79 Å². The first-order chi connectivity index (χ1) is 12.5. The van der Waals surface area contributed by atoms with E-state index in [1.54, 1.807) is 0 Å². The Morgan fingerprint density at radius 3 is 2.42 bits per heavy atom. The molecular weight excluding hydrogens is 328 g/mol. The Balaban J connectivity index is 1.37. The van der Waals surface area contributed by atoms with Crippen molar-refractivity contribution >= 4 is 11.9 Å². The fraction of sp³-hybridized carbons (Fsp3) is 0.524. The number of benzene rings is 1. The van der Waals surface area contributed by atoms with Crippen LogP contribution in [0.1, 0.15) is 17.5 Å². The second-order valence-electron chi connectivity index (χ2n) is 8.00. The van der Waals surface area contributed by atoms with Crippen molar-refractivity contribution < 1.29 is 19.6 Å². The smallest absolute Gasteiger partial charge is 0.227 e. The van der Waals surface area contributed by atoms with Crippen molar-refractivity contribution in [2.45, 2.75) is 19.9 Å². The molecule has 2 bridgehead atoms. The summed E-state index contributed by atoms with van der Waals surface area (Å²) < 4.78 is 0. The van der Waals surface area contributed by atoms with E-state index in [0.29, 0.717) is 13.1 Å². The molecule has 1 heterocycles. The molecule has 5 heteroatoms. The summed E-state index contributed by atoms with van der Waals surface area (Å²) in [6.07, 6.45) is 4.78. The predicted octanol–water partition coefficient (Wildman–Crippen LogP) is -0.590. The molecule has 1 N–H and O–H groups in total. The fourth-order valence-electron chi connectivity index (χ4n) is 4.99. The molecule has 138 valence electrons. The minimum Gasteiger partial charge on any atom is -0.550 e. The number of aryl methyl sites for hydroxylation is 1. The molecule has 2 fully saturated rings. The van der Waals surface area contributed by atoms with Crippen LogP contribution in [0.5, 0.6) is 0 Å². The molecule has 2 aliphatic carbocycles. The summed E-state index contributed by atoms with van der Waals surface area (Å²) in [5.41, 5.74) is 2.67. The van der Waals surface area contributed by atoms with Gasteiger partial charge in [0.15, 0.2) is 0 Å². The highest BCUT2D eigenvalue weighted by Crippen LogP contribution is 2.48. The number of carboxylic acid groups (broad SMARTS) is 1. The van der Waals surface area contributed by atoms with Crippen LogP contribution >= 0.6 is 0 Å². The normalized spacial score (nSPS) is 30.7. The van der Waals surface area contributed by atoms with Crippen LogP contribution in [0.15, 0.2) is 36.4 Å². The first kappa shape index (κ1) is 17.3. The van der Waals surface area contributed by atoms with E-state index in [4.69, 9.17) is 0 Å². The second kappa shape index (κ2) is 6.88. The number of nitrogens with one attached hydrogen (secondary N) is 1. The molecule has 0 spiro atoms. The minimum atomic E-state index is -1.07. The molecule has 3 aliphatic rings. The van der Waals surface area contributed by atoms with E-state index in [2.05, 4.69) is 31.2 Å². The standard InChI is InChI=1S/C21H26N2O3/c1-14-4-2-3-5-17(14)13-22-8-10-23(11-9-22)20(24)18-15-6-7-16(12-15)19(18)21(25)26/h2-7,15-16,18-19H,8-13H2,1H3,(H,25,26)/t15-,16-,18+,19+/m1/s1. The number of hydrogen-bond acceptors (Lipinski definition) is 3. The number of fused-ring (bicyclic) bond motifs is 2. The average molecular weight is 354 g/mol. The quantitative estimate of drug-likeness (QED) is 0.735. The lowest BCUT2D eigenvalue weighted by atomic mass is 9.82. The molecule has 26 heavy (non-hydrogen) atoms. The number of aliphatic carboxylic acids is 1. The van der Waals surface area contributed by atoms with Gasteiger partial charge in [-0.05, 0) is 30.7 Å². The van der Waals surface area contributed by atoms with Crippen LogP contribution in [0.3, 0.4) is 0 Å². The van der Waals surface area contributed by atoms with Crippen molar-refractivity contribution in [1.29, 1.82) is 0 Å². The first-order valence-electron chi connectivity index (χ1n) is 9.60. The monoisotopic (exact) mass is 354 g/mol. The summed E-state index contributed by atoms with van der Waals surface area (Å²) in [7, 11) is 0. The summed E-state index contributed by atoms with van der Waals surface area (Å²) in [6, 6.07) is 8.44. The van der Waals surface area contributed by atoms with Crippen LogP contribution in [0.4, 0.5) is 0 Å². The van der Waals surface area contributed by atoms with Gasteiger partial charge in [0.05, 0.1) is 32.1 Å². The highest BCUT2D eigenvalue weighted by molar-refractivity contribution is 5.86. The van der Waals surface area contributed by atoms with Crippen LogP contribution in [-0.4, -0.2) is 43.0 Å². The Morgan fingerprint density at radius 1 is 1.12 bits per heavy atom. The Hall–Kier alpha value is -2.14. The topological polar surface area (TPSA) is 64.9 Å².